The Bertz CT molecular complexity index is 517. The SMILES string of the molecule is O=C(O)NCC1c2sccc2C2CN1C(=O)N2O. The lowest BCUT2D eigenvalue weighted by molar-refractivity contribution is -0.0586. The van der Waals surface area contributed by atoms with Gasteiger partial charge < -0.3 is 15.3 Å². The Kier molecular flexibility index (Phi) is 2.42. The van der Waals surface area contributed by atoms with E-state index in [0.717, 1.165) is 15.5 Å². The molecule has 1 fully saturated rings. The molecule has 3 rings (SSSR count). The highest BCUT2D eigenvalue weighted by molar-refractivity contribution is 7.10. The molecule has 1 aromatic heterocycles. The van der Waals surface area contributed by atoms with E-state index in [-0.39, 0.29) is 18.6 Å². The average molecular weight is 269 g/mol. The van der Waals surface area contributed by atoms with Crippen LogP contribution in [0, 0.1) is 0 Å². The van der Waals surface area contributed by atoms with Gasteiger partial charge in [-0.1, -0.05) is 0 Å². The van der Waals surface area contributed by atoms with E-state index < -0.39 is 12.1 Å². The Hall–Kier alpha value is -1.80. The Balaban J connectivity index is 1.95. The molecule has 0 aromatic carbocycles. The highest BCUT2D eigenvalue weighted by Gasteiger charge is 2.48. The van der Waals surface area contributed by atoms with Crippen LogP contribution in [0.2, 0.25) is 0 Å². The molecule has 96 valence electrons. The number of fused-ring (bicyclic) bond motifs is 4. The van der Waals surface area contributed by atoms with Crippen LogP contribution < -0.4 is 5.32 Å². The number of thiophene rings is 1. The van der Waals surface area contributed by atoms with Gasteiger partial charge in [0.25, 0.3) is 0 Å². The van der Waals surface area contributed by atoms with Gasteiger partial charge in [0.1, 0.15) is 6.04 Å². The lowest BCUT2D eigenvalue weighted by Crippen LogP contribution is -2.40. The van der Waals surface area contributed by atoms with Gasteiger partial charge in [0.15, 0.2) is 0 Å². The number of carbonyl (C=O) groups is 2. The molecule has 2 unspecified atom stereocenters. The molecule has 3 heterocycles. The highest BCUT2D eigenvalue weighted by atomic mass is 32.1. The lowest BCUT2D eigenvalue weighted by atomic mass is 10.00. The van der Waals surface area contributed by atoms with Crippen LogP contribution in [0.25, 0.3) is 0 Å². The van der Waals surface area contributed by atoms with E-state index in [1.165, 1.54) is 16.2 Å². The second kappa shape index (κ2) is 3.85. The van der Waals surface area contributed by atoms with Crippen LogP contribution >= 0.6 is 11.3 Å². The number of nitrogens with one attached hydrogen (secondary N) is 1. The van der Waals surface area contributed by atoms with Crippen molar-refractivity contribution >= 4 is 23.5 Å². The molecule has 1 aromatic rings. The molecule has 2 bridgehead atoms. The molecule has 3 amide bonds. The van der Waals surface area contributed by atoms with Gasteiger partial charge in [0.05, 0.1) is 12.6 Å². The zero-order chi connectivity index (χ0) is 12.9. The second-order valence-corrected chi connectivity index (χ2v) is 5.19. The zero-order valence-corrected chi connectivity index (χ0v) is 10.1. The number of carboxylic acid groups (broad SMARTS) is 1. The number of urea groups is 1. The molecule has 1 saturated heterocycles. The third kappa shape index (κ3) is 1.46. The number of amides is 3. The van der Waals surface area contributed by atoms with Crippen LogP contribution in [0.4, 0.5) is 9.59 Å². The van der Waals surface area contributed by atoms with Gasteiger partial charge in [0, 0.05) is 11.4 Å². The maximum Gasteiger partial charge on any atom is 0.404 e. The van der Waals surface area contributed by atoms with Gasteiger partial charge in [-0.15, -0.1) is 11.3 Å². The van der Waals surface area contributed by atoms with E-state index in [1.807, 2.05) is 11.4 Å². The minimum absolute atomic E-state index is 0.134. The standard InChI is InChI=1S/C10H11N3O4S/c14-9(15)11-3-6-8-5(1-2-18-8)7-4-12(6)10(16)13(7)17/h1-2,6-7,11,17H,3-4H2,(H,14,15). The Morgan fingerprint density at radius 3 is 3.11 bits per heavy atom. The topological polar surface area (TPSA) is 93.1 Å². The van der Waals surface area contributed by atoms with Gasteiger partial charge in [0.2, 0.25) is 0 Å². The second-order valence-electron chi connectivity index (χ2n) is 4.24. The first-order chi connectivity index (χ1) is 8.59. The van der Waals surface area contributed by atoms with Gasteiger partial charge in [-0.05, 0) is 17.0 Å². The van der Waals surface area contributed by atoms with Gasteiger partial charge in [-0.2, -0.15) is 5.06 Å². The van der Waals surface area contributed by atoms with E-state index in [2.05, 4.69) is 5.32 Å². The van der Waals surface area contributed by atoms with Crippen LogP contribution in [-0.2, 0) is 0 Å². The molecule has 0 saturated carbocycles. The molecule has 2 aliphatic rings. The first-order valence-corrected chi connectivity index (χ1v) is 6.30. The van der Waals surface area contributed by atoms with Crippen molar-refractivity contribution in [3.05, 3.63) is 21.9 Å². The van der Waals surface area contributed by atoms with Crippen molar-refractivity contribution in [3.8, 4) is 0 Å². The van der Waals surface area contributed by atoms with Crippen molar-refractivity contribution in [3.63, 3.8) is 0 Å². The fourth-order valence-electron chi connectivity index (χ4n) is 2.50. The third-order valence-electron chi connectivity index (χ3n) is 3.32. The zero-order valence-electron chi connectivity index (χ0n) is 9.24. The maximum atomic E-state index is 11.8. The van der Waals surface area contributed by atoms with Crippen LogP contribution in [0.1, 0.15) is 22.5 Å². The fraction of sp³-hybridized carbons (Fsp3) is 0.400. The molecule has 18 heavy (non-hydrogen) atoms. The van der Waals surface area contributed by atoms with Crippen molar-refractivity contribution in [1.29, 1.82) is 0 Å². The van der Waals surface area contributed by atoms with Crippen molar-refractivity contribution < 1.29 is 19.9 Å². The van der Waals surface area contributed by atoms with Gasteiger partial charge in [-0.3, -0.25) is 5.21 Å². The summed E-state index contributed by atoms with van der Waals surface area (Å²) in [6.07, 6.45) is -1.12. The first-order valence-electron chi connectivity index (χ1n) is 5.42. The molecule has 2 atom stereocenters. The fourth-order valence-corrected chi connectivity index (χ4v) is 3.57. The van der Waals surface area contributed by atoms with Gasteiger partial charge in [-0.25, -0.2) is 9.59 Å². The van der Waals surface area contributed by atoms with Crippen molar-refractivity contribution in [2.45, 2.75) is 12.1 Å². The average Bonchev–Trinajstić information content (AvgIpc) is 2.89. The maximum absolute atomic E-state index is 11.8. The summed E-state index contributed by atoms with van der Waals surface area (Å²) in [5, 5.41) is 23.3. The minimum Gasteiger partial charge on any atom is -0.465 e. The molecule has 0 aliphatic carbocycles. The number of rotatable bonds is 2. The van der Waals surface area contributed by atoms with E-state index in [9.17, 15) is 14.8 Å². The van der Waals surface area contributed by atoms with Crippen LogP contribution in [0.15, 0.2) is 11.4 Å². The van der Waals surface area contributed by atoms with E-state index in [1.54, 1.807) is 0 Å². The number of carbonyl (C=O) groups excluding carboxylic acids is 1. The summed E-state index contributed by atoms with van der Waals surface area (Å²) in [6, 6.07) is 0.731. The summed E-state index contributed by atoms with van der Waals surface area (Å²) in [5.41, 5.74) is 0.904. The molecule has 2 aliphatic heterocycles. The quantitative estimate of drug-likeness (QED) is 0.704. The predicted molar refractivity (Wildman–Crippen MR) is 61.6 cm³/mol. The molecule has 8 heteroatoms. The van der Waals surface area contributed by atoms with Crippen LogP contribution in [0.5, 0.6) is 0 Å². The van der Waals surface area contributed by atoms with Crippen molar-refractivity contribution in [1.82, 2.24) is 15.3 Å². The molecule has 0 spiro atoms. The first kappa shape index (κ1) is 11.3. The summed E-state index contributed by atoms with van der Waals surface area (Å²) in [5.74, 6) is 0. The number of hydroxylamine groups is 2. The van der Waals surface area contributed by atoms with E-state index in [0.29, 0.717) is 6.54 Å². The molecule has 0 radical (unpaired) electrons. The van der Waals surface area contributed by atoms with Crippen molar-refractivity contribution in [2.24, 2.45) is 0 Å². The summed E-state index contributed by atoms with van der Waals surface area (Å²) in [4.78, 5) is 24.8. The minimum atomic E-state index is -1.12. The Labute approximate surface area is 106 Å². The molecule has 7 nitrogen and oxygen atoms in total. The van der Waals surface area contributed by atoms with Gasteiger partial charge >= 0.3 is 12.1 Å². The molecular formula is C10H11N3O4S. The van der Waals surface area contributed by atoms with Crippen LogP contribution in [0.3, 0.4) is 0 Å². The Morgan fingerprint density at radius 1 is 1.61 bits per heavy atom. The van der Waals surface area contributed by atoms with E-state index >= 15 is 0 Å². The summed E-state index contributed by atoms with van der Waals surface area (Å²) >= 11 is 1.47. The Morgan fingerprint density at radius 2 is 2.39 bits per heavy atom. The normalized spacial score (nSPS) is 25.3. The summed E-state index contributed by atoms with van der Waals surface area (Å²) in [6.45, 7) is 0.528. The highest BCUT2D eigenvalue weighted by Crippen LogP contribution is 2.44. The summed E-state index contributed by atoms with van der Waals surface area (Å²) < 4.78 is 0. The third-order valence-corrected chi connectivity index (χ3v) is 4.35. The molecule has 3 N–H and O–H groups in total. The number of hydrogen-bond donors (Lipinski definition) is 3. The number of hydrogen-bond acceptors (Lipinski definition) is 4. The molecular weight excluding hydrogens is 258 g/mol. The van der Waals surface area contributed by atoms with Crippen LogP contribution in [-0.4, -0.2) is 45.5 Å². The summed E-state index contributed by atoms with van der Waals surface area (Å²) in [7, 11) is 0. The lowest BCUT2D eigenvalue weighted by Gasteiger charge is -2.30. The van der Waals surface area contributed by atoms with Crippen molar-refractivity contribution in [2.75, 3.05) is 13.1 Å². The largest absolute Gasteiger partial charge is 0.465 e. The number of nitrogens with zero attached hydrogens (tertiary/aromatic N) is 2. The monoisotopic (exact) mass is 269 g/mol. The van der Waals surface area contributed by atoms with E-state index in [4.69, 9.17) is 5.11 Å². The smallest absolute Gasteiger partial charge is 0.404 e. The predicted octanol–water partition coefficient (Wildman–Crippen LogP) is 1.24.